The van der Waals surface area contributed by atoms with Gasteiger partial charge in [0.05, 0.1) is 5.56 Å². The average molecular weight is 273 g/mol. The predicted octanol–water partition coefficient (Wildman–Crippen LogP) is 3.09. The lowest BCUT2D eigenvalue weighted by atomic mass is 10.1. The summed E-state index contributed by atoms with van der Waals surface area (Å²) in [5.74, 6) is 0.627. The molecule has 96 valence electrons. The minimum absolute atomic E-state index is 0.414. The average Bonchev–Trinajstić information content (AvgIpc) is 2.57. The molecular formula is C11H10F3N3S. The molecule has 0 spiro atoms. The molecule has 0 aliphatic rings. The number of hydrogen-bond acceptors (Lipinski definition) is 2. The molecule has 1 aromatic heterocycles. The zero-order chi connectivity index (χ0) is 13.3. The van der Waals surface area contributed by atoms with Crippen LogP contribution in [-0.4, -0.2) is 14.8 Å². The number of benzene rings is 1. The number of aryl methyl sites for hydroxylation is 1. The van der Waals surface area contributed by atoms with Crippen molar-refractivity contribution in [3.05, 3.63) is 46.0 Å². The van der Waals surface area contributed by atoms with Gasteiger partial charge in [-0.05, 0) is 29.9 Å². The maximum Gasteiger partial charge on any atom is 0.416 e. The minimum Gasteiger partial charge on any atom is -0.283 e. The first-order valence-corrected chi connectivity index (χ1v) is 5.55. The Morgan fingerprint density at radius 2 is 1.89 bits per heavy atom. The van der Waals surface area contributed by atoms with E-state index in [-0.39, 0.29) is 0 Å². The molecule has 0 saturated carbocycles. The number of aromatic nitrogens is 3. The van der Waals surface area contributed by atoms with Gasteiger partial charge in [-0.25, -0.2) is 4.98 Å². The Morgan fingerprint density at radius 1 is 1.28 bits per heavy atom. The molecule has 0 bridgehead atoms. The van der Waals surface area contributed by atoms with Crippen LogP contribution in [0.15, 0.2) is 24.3 Å². The molecule has 1 N–H and O–H groups in total. The minimum atomic E-state index is -4.30. The third kappa shape index (κ3) is 2.79. The normalized spacial score (nSPS) is 11.8. The Labute approximate surface area is 106 Å². The van der Waals surface area contributed by atoms with E-state index in [2.05, 4.69) is 10.1 Å². The van der Waals surface area contributed by atoms with E-state index < -0.39 is 11.7 Å². The first kappa shape index (κ1) is 12.8. The van der Waals surface area contributed by atoms with Crippen LogP contribution in [-0.2, 0) is 19.6 Å². The number of H-pyrrole nitrogens is 1. The van der Waals surface area contributed by atoms with Crippen molar-refractivity contribution in [2.75, 3.05) is 0 Å². The molecule has 2 rings (SSSR count). The Balaban J connectivity index is 2.18. The summed E-state index contributed by atoms with van der Waals surface area (Å²) in [4.78, 5) is 4.08. The molecule has 0 aliphatic heterocycles. The van der Waals surface area contributed by atoms with Gasteiger partial charge in [-0.1, -0.05) is 12.1 Å². The highest BCUT2D eigenvalue weighted by molar-refractivity contribution is 7.71. The van der Waals surface area contributed by atoms with Gasteiger partial charge in [0.15, 0.2) is 0 Å². The fourth-order valence-electron chi connectivity index (χ4n) is 1.54. The monoisotopic (exact) mass is 273 g/mol. The number of nitrogens with zero attached hydrogens (tertiary/aromatic N) is 2. The van der Waals surface area contributed by atoms with Gasteiger partial charge in [0, 0.05) is 13.5 Å². The SMILES string of the molecule is Cn1[nH]c(Cc2ccc(C(F)(F)F)cc2)nc1=S. The summed E-state index contributed by atoms with van der Waals surface area (Å²) in [5.41, 5.74) is 0.0903. The van der Waals surface area contributed by atoms with Crippen molar-refractivity contribution in [3.8, 4) is 0 Å². The topological polar surface area (TPSA) is 33.6 Å². The smallest absolute Gasteiger partial charge is 0.283 e. The summed E-state index contributed by atoms with van der Waals surface area (Å²) >= 11 is 4.93. The van der Waals surface area contributed by atoms with Crippen LogP contribution in [0, 0.1) is 4.77 Å². The molecule has 0 unspecified atom stereocenters. The molecule has 18 heavy (non-hydrogen) atoms. The van der Waals surface area contributed by atoms with Gasteiger partial charge in [-0.2, -0.15) is 13.2 Å². The van der Waals surface area contributed by atoms with Gasteiger partial charge < -0.3 is 0 Å². The van der Waals surface area contributed by atoms with Gasteiger partial charge >= 0.3 is 6.18 Å². The lowest BCUT2D eigenvalue weighted by Crippen LogP contribution is -2.04. The fraction of sp³-hybridized carbons (Fsp3) is 0.273. The van der Waals surface area contributed by atoms with Crippen LogP contribution in [0.1, 0.15) is 17.0 Å². The Kier molecular flexibility index (Phi) is 3.25. The highest BCUT2D eigenvalue weighted by Crippen LogP contribution is 2.29. The Bertz CT molecular complexity index is 595. The molecule has 0 saturated heterocycles. The number of nitrogens with one attached hydrogen (secondary N) is 1. The van der Waals surface area contributed by atoms with E-state index in [4.69, 9.17) is 12.2 Å². The van der Waals surface area contributed by atoms with Crippen molar-refractivity contribution in [2.45, 2.75) is 12.6 Å². The summed E-state index contributed by atoms with van der Waals surface area (Å²) in [6.07, 6.45) is -3.88. The van der Waals surface area contributed by atoms with Crippen molar-refractivity contribution < 1.29 is 13.2 Å². The molecule has 7 heteroatoms. The van der Waals surface area contributed by atoms with Crippen molar-refractivity contribution in [1.29, 1.82) is 0 Å². The van der Waals surface area contributed by atoms with E-state index in [9.17, 15) is 13.2 Å². The maximum atomic E-state index is 12.4. The summed E-state index contributed by atoms with van der Waals surface area (Å²) in [5, 5.41) is 2.92. The lowest BCUT2D eigenvalue weighted by Gasteiger charge is -2.06. The second kappa shape index (κ2) is 4.56. The second-order valence-electron chi connectivity index (χ2n) is 3.88. The molecule has 0 fully saturated rings. The molecule has 3 nitrogen and oxygen atoms in total. The molecule has 1 aromatic carbocycles. The first-order chi connectivity index (χ1) is 8.36. The summed E-state index contributed by atoms with van der Waals surface area (Å²) < 4.78 is 39.1. The van der Waals surface area contributed by atoms with Crippen LogP contribution < -0.4 is 0 Å². The number of rotatable bonds is 2. The molecule has 0 aliphatic carbocycles. The largest absolute Gasteiger partial charge is 0.416 e. The van der Waals surface area contributed by atoms with Crippen LogP contribution in [0.2, 0.25) is 0 Å². The fourth-order valence-corrected chi connectivity index (χ4v) is 1.70. The highest BCUT2D eigenvalue weighted by atomic mass is 32.1. The van der Waals surface area contributed by atoms with Crippen molar-refractivity contribution in [1.82, 2.24) is 14.8 Å². The summed E-state index contributed by atoms with van der Waals surface area (Å²) in [6.45, 7) is 0. The maximum absolute atomic E-state index is 12.4. The molecule has 1 heterocycles. The van der Waals surface area contributed by atoms with Gasteiger partial charge in [0.2, 0.25) is 4.77 Å². The highest BCUT2D eigenvalue weighted by Gasteiger charge is 2.29. The third-order valence-electron chi connectivity index (χ3n) is 2.47. The van der Waals surface area contributed by atoms with Crippen LogP contribution in [0.25, 0.3) is 0 Å². The zero-order valence-electron chi connectivity index (χ0n) is 9.45. The van der Waals surface area contributed by atoms with E-state index in [1.165, 1.54) is 12.1 Å². The molecular weight excluding hydrogens is 263 g/mol. The molecule has 2 aromatic rings. The standard InChI is InChI=1S/C11H10F3N3S/c1-17-10(18)15-9(16-17)6-7-2-4-8(5-3-7)11(12,13)14/h2-5H,6H2,1H3,(H,15,16,18). The van der Waals surface area contributed by atoms with E-state index in [0.717, 1.165) is 17.7 Å². The van der Waals surface area contributed by atoms with Crippen LogP contribution >= 0.6 is 12.2 Å². The molecule has 0 radical (unpaired) electrons. The zero-order valence-corrected chi connectivity index (χ0v) is 10.3. The van der Waals surface area contributed by atoms with E-state index in [1.54, 1.807) is 11.7 Å². The number of halogens is 3. The third-order valence-corrected chi connectivity index (χ3v) is 2.83. The van der Waals surface area contributed by atoms with E-state index in [1.807, 2.05) is 0 Å². The van der Waals surface area contributed by atoms with E-state index in [0.29, 0.717) is 17.0 Å². The van der Waals surface area contributed by atoms with Gasteiger partial charge in [-0.3, -0.25) is 9.78 Å². The van der Waals surface area contributed by atoms with Crippen LogP contribution in [0.5, 0.6) is 0 Å². The van der Waals surface area contributed by atoms with Gasteiger partial charge in [0.1, 0.15) is 5.82 Å². The van der Waals surface area contributed by atoms with Gasteiger partial charge in [-0.15, -0.1) is 0 Å². The summed E-state index contributed by atoms with van der Waals surface area (Å²) in [6, 6.07) is 5.00. The molecule has 0 amide bonds. The van der Waals surface area contributed by atoms with E-state index >= 15 is 0 Å². The van der Waals surface area contributed by atoms with Crippen LogP contribution in [0.4, 0.5) is 13.2 Å². The Hall–Kier alpha value is -1.63. The van der Waals surface area contributed by atoms with Crippen molar-refractivity contribution >= 4 is 12.2 Å². The number of alkyl halides is 3. The summed E-state index contributed by atoms with van der Waals surface area (Å²) in [7, 11) is 1.73. The second-order valence-corrected chi connectivity index (χ2v) is 4.25. The number of aromatic amines is 1. The van der Waals surface area contributed by atoms with Crippen LogP contribution in [0.3, 0.4) is 0 Å². The van der Waals surface area contributed by atoms with Gasteiger partial charge in [0.25, 0.3) is 0 Å². The van der Waals surface area contributed by atoms with Crippen molar-refractivity contribution in [2.24, 2.45) is 7.05 Å². The predicted molar refractivity (Wildman–Crippen MR) is 62.6 cm³/mol. The molecule has 0 atom stereocenters. The first-order valence-electron chi connectivity index (χ1n) is 5.14. The Morgan fingerprint density at radius 3 is 2.33 bits per heavy atom. The quantitative estimate of drug-likeness (QED) is 0.853. The van der Waals surface area contributed by atoms with Crippen molar-refractivity contribution in [3.63, 3.8) is 0 Å². The number of hydrogen-bond donors (Lipinski definition) is 1. The lowest BCUT2D eigenvalue weighted by molar-refractivity contribution is -0.137.